The molecule has 2 amide bonds. The number of benzene rings is 1. The first kappa shape index (κ1) is 20.0. The molecule has 4 aromatic rings. The number of aromatic nitrogens is 2. The second-order valence-corrected chi connectivity index (χ2v) is 8.52. The summed E-state index contributed by atoms with van der Waals surface area (Å²) in [4.78, 5) is 30.5. The van der Waals surface area contributed by atoms with Gasteiger partial charge in [0.2, 0.25) is 5.91 Å². The van der Waals surface area contributed by atoms with Gasteiger partial charge in [0.05, 0.1) is 17.1 Å². The van der Waals surface area contributed by atoms with Crippen LogP contribution in [-0.4, -0.2) is 22.0 Å². The molecule has 0 atom stereocenters. The highest BCUT2D eigenvalue weighted by atomic mass is 32.1. The number of thiophene rings is 1. The highest BCUT2D eigenvalue weighted by molar-refractivity contribution is 7.17. The van der Waals surface area contributed by atoms with E-state index in [-0.39, 0.29) is 11.8 Å². The van der Waals surface area contributed by atoms with Crippen molar-refractivity contribution in [3.05, 3.63) is 64.0 Å². The van der Waals surface area contributed by atoms with E-state index in [2.05, 4.69) is 20.8 Å². The van der Waals surface area contributed by atoms with E-state index >= 15 is 0 Å². The topological polar surface area (TPSA) is 97.1 Å². The van der Waals surface area contributed by atoms with E-state index in [1.165, 1.54) is 18.3 Å². The summed E-state index contributed by atoms with van der Waals surface area (Å²) in [5, 5.41) is 12.1. The number of hydrogen-bond donors (Lipinski definition) is 2. The number of thiazole rings is 1. The Hall–Kier alpha value is -3.30. The molecule has 4 rings (SSSR count). The van der Waals surface area contributed by atoms with Gasteiger partial charge >= 0.3 is 0 Å². The van der Waals surface area contributed by atoms with Gasteiger partial charge in [-0.2, -0.15) is 0 Å². The highest BCUT2D eigenvalue weighted by Gasteiger charge is 2.22. The van der Waals surface area contributed by atoms with Crippen LogP contribution in [0.1, 0.15) is 27.9 Å². The summed E-state index contributed by atoms with van der Waals surface area (Å²) >= 11 is 2.90. The van der Waals surface area contributed by atoms with Gasteiger partial charge in [0.1, 0.15) is 17.0 Å². The number of anilines is 1. The van der Waals surface area contributed by atoms with Gasteiger partial charge < -0.3 is 9.84 Å². The lowest BCUT2D eigenvalue weighted by Gasteiger charge is -2.03. The molecule has 152 valence electrons. The molecule has 0 fully saturated rings. The minimum atomic E-state index is -0.314. The van der Waals surface area contributed by atoms with Gasteiger partial charge in [-0.05, 0) is 19.1 Å². The number of hydrogen-bond acceptors (Lipinski definition) is 7. The third kappa shape index (κ3) is 4.32. The van der Waals surface area contributed by atoms with Gasteiger partial charge in [-0.3, -0.25) is 14.9 Å². The van der Waals surface area contributed by atoms with Crippen molar-refractivity contribution in [1.82, 2.24) is 15.5 Å². The third-order valence-electron chi connectivity index (χ3n) is 4.29. The van der Waals surface area contributed by atoms with E-state index in [1.807, 2.05) is 47.8 Å². The minimum Gasteiger partial charge on any atom is -0.360 e. The summed E-state index contributed by atoms with van der Waals surface area (Å²) in [6.45, 7) is 3.69. The van der Waals surface area contributed by atoms with Gasteiger partial charge in [-0.15, -0.1) is 22.7 Å². The molecule has 0 saturated carbocycles. The molecule has 9 heteroatoms. The van der Waals surface area contributed by atoms with Crippen molar-refractivity contribution < 1.29 is 14.1 Å². The van der Waals surface area contributed by atoms with E-state index in [4.69, 9.17) is 4.52 Å². The molecule has 3 aromatic heterocycles. The van der Waals surface area contributed by atoms with Gasteiger partial charge in [0, 0.05) is 22.7 Å². The summed E-state index contributed by atoms with van der Waals surface area (Å²) < 4.78 is 5.27. The minimum absolute atomic E-state index is 0.0671. The first-order chi connectivity index (χ1) is 14.5. The lowest BCUT2D eigenvalue weighted by Crippen LogP contribution is -2.17. The Balaban J connectivity index is 1.51. The van der Waals surface area contributed by atoms with Crippen LogP contribution < -0.4 is 10.6 Å². The van der Waals surface area contributed by atoms with Crippen LogP contribution in [-0.2, 0) is 11.3 Å². The fourth-order valence-corrected chi connectivity index (χ4v) is 4.55. The molecule has 3 heterocycles. The zero-order valence-electron chi connectivity index (χ0n) is 16.3. The van der Waals surface area contributed by atoms with Crippen molar-refractivity contribution in [2.75, 3.05) is 5.32 Å². The molecule has 0 spiro atoms. The molecule has 2 N–H and O–H groups in total. The molecule has 0 aliphatic heterocycles. The molecule has 7 nitrogen and oxygen atoms in total. The Morgan fingerprint density at radius 2 is 1.93 bits per heavy atom. The second-order valence-electron chi connectivity index (χ2n) is 6.50. The molecular formula is C21H18N4O3S2. The lowest BCUT2D eigenvalue weighted by molar-refractivity contribution is -0.119. The molecular weight excluding hydrogens is 420 g/mol. The molecule has 0 saturated heterocycles. The standard InChI is InChI=1S/C21H18N4O3S2/c1-12-18(19(25-28-12)14-6-4-3-5-7-14)20(27)24-21-23-16(11-29-21)17-9-8-15(30-17)10-22-13(2)26/h3-9,11H,10H2,1-2H3,(H,22,26)(H,23,24,27). The molecule has 1 aromatic carbocycles. The maximum Gasteiger partial charge on any atom is 0.263 e. The van der Waals surface area contributed by atoms with E-state index in [0.717, 1.165) is 21.0 Å². The fraction of sp³-hybridized carbons (Fsp3) is 0.143. The third-order valence-corrected chi connectivity index (χ3v) is 6.15. The number of amides is 2. The monoisotopic (exact) mass is 438 g/mol. The number of aryl methyl sites for hydroxylation is 1. The lowest BCUT2D eigenvalue weighted by atomic mass is 10.1. The molecule has 0 unspecified atom stereocenters. The Kier molecular flexibility index (Phi) is 5.73. The Morgan fingerprint density at radius 3 is 2.70 bits per heavy atom. The molecule has 30 heavy (non-hydrogen) atoms. The highest BCUT2D eigenvalue weighted by Crippen LogP contribution is 2.32. The van der Waals surface area contributed by atoms with Crippen molar-refractivity contribution in [3.8, 4) is 21.8 Å². The van der Waals surface area contributed by atoms with Gasteiger partial charge in [0.25, 0.3) is 5.91 Å². The normalized spacial score (nSPS) is 10.7. The zero-order chi connectivity index (χ0) is 21.1. The van der Waals surface area contributed by atoms with Crippen LogP contribution in [0.15, 0.2) is 52.4 Å². The first-order valence-electron chi connectivity index (χ1n) is 9.13. The van der Waals surface area contributed by atoms with E-state index in [0.29, 0.717) is 28.7 Å². The predicted molar refractivity (Wildman–Crippen MR) is 118 cm³/mol. The van der Waals surface area contributed by atoms with E-state index < -0.39 is 0 Å². The average molecular weight is 439 g/mol. The smallest absolute Gasteiger partial charge is 0.263 e. The first-order valence-corrected chi connectivity index (χ1v) is 10.8. The Bertz CT molecular complexity index is 1190. The van der Waals surface area contributed by atoms with Crippen LogP contribution in [0.3, 0.4) is 0 Å². The second kappa shape index (κ2) is 8.60. The largest absolute Gasteiger partial charge is 0.360 e. The van der Waals surface area contributed by atoms with Crippen LogP contribution in [0.2, 0.25) is 0 Å². The molecule has 0 aliphatic carbocycles. The number of carbonyl (C=O) groups excluding carboxylic acids is 2. The quantitative estimate of drug-likeness (QED) is 0.454. The van der Waals surface area contributed by atoms with Crippen LogP contribution in [0.25, 0.3) is 21.8 Å². The number of carbonyl (C=O) groups is 2. The van der Waals surface area contributed by atoms with Gasteiger partial charge in [-0.1, -0.05) is 35.5 Å². The van der Waals surface area contributed by atoms with Crippen molar-refractivity contribution >= 4 is 39.6 Å². The SMILES string of the molecule is CC(=O)NCc1ccc(-c2csc(NC(=O)c3c(-c4ccccc4)noc3C)n2)s1. The Morgan fingerprint density at radius 1 is 1.13 bits per heavy atom. The Labute approximate surface area is 180 Å². The van der Waals surface area contributed by atoms with Gasteiger partial charge in [-0.25, -0.2) is 4.98 Å². The van der Waals surface area contributed by atoms with E-state index in [1.54, 1.807) is 18.3 Å². The number of rotatable bonds is 6. The van der Waals surface area contributed by atoms with Crippen molar-refractivity contribution in [3.63, 3.8) is 0 Å². The molecule has 0 aliphatic rings. The van der Waals surface area contributed by atoms with Crippen molar-refractivity contribution in [2.24, 2.45) is 0 Å². The molecule has 0 radical (unpaired) electrons. The van der Waals surface area contributed by atoms with Crippen molar-refractivity contribution in [2.45, 2.75) is 20.4 Å². The maximum atomic E-state index is 12.9. The summed E-state index contributed by atoms with van der Waals surface area (Å²) in [6.07, 6.45) is 0. The number of nitrogens with one attached hydrogen (secondary N) is 2. The predicted octanol–water partition coefficient (Wildman–Crippen LogP) is 4.72. The maximum absolute atomic E-state index is 12.9. The van der Waals surface area contributed by atoms with Gasteiger partial charge in [0.15, 0.2) is 5.13 Å². The number of nitrogens with zero attached hydrogens (tertiary/aromatic N) is 2. The average Bonchev–Trinajstić information content (AvgIpc) is 3.46. The summed E-state index contributed by atoms with van der Waals surface area (Å²) in [7, 11) is 0. The summed E-state index contributed by atoms with van der Waals surface area (Å²) in [5.41, 5.74) is 2.49. The van der Waals surface area contributed by atoms with E-state index in [9.17, 15) is 9.59 Å². The van der Waals surface area contributed by atoms with Crippen molar-refractivity contribution in [1.29, 1.82) is 0 Å². The fourth-order valence-electron chi connectivity index (χ4n) is 2.86. The molecule has 0 bridgehead atoms. The van der Waals surface area contributed by atoms with Crippen LogP contribution in [0.5, 0.6) is 0 Å². The van der Waals surface area contributed by atoms with Crippen LogP contribution in [0, 0.1) is 6.92 Å². The zero-order valence-corrected chi connectivity index (χ0v) is 17.9. The van der Waals surface area contributed by atoms with Crippen LogP contribution >= 0.6 is 22.7 Å². The summed E-state index contributed by atoms with van der Waals surface area (Å²) in [6, 6.07) is 13.3. The summed E-state index contributed by atoms with van der Waals surface area (Å²) in [5.74, 6) is 0.0672. The van der Waals surface area contributed by atoms with Crippen LogP contribution in [0.4, 0.5) is 5.13 Å².